The monoisotopic (exact) mass is 326 g/mol. The maximum atomic E-state index is 5.69. The van der Waals surface area contributed by atoms with E-state index in [-0.39, 0.29) is 0 Å². The Kier molecular flexibility index (Phi) is 9.15. The van der Waals surface area contributed by atoms with Gasteiger partial charge in [0.1, 0.15) is 0 Å². The van der Waals surface area contributed by atoms with E-state index in [0.717, 1.165) is 55.3 Å². The summed E-state index contributed by atoms with van der Waals surface area (Å²) >= 11 is 0. The lowest BCUT2D eigenvalue weighted by atomic mass is 9.75. The molecule has 2 fully saturated rings. The summed E-state index contributed by atoms with van der Waals surface area (Å²) in [6, 6.07) is 0. The van der Waals surface area contributed by atoms with Crippen molar-refractivity contribution in [3.63, 3.8) is 0 Å². The minimum Gasteiger partial charge on any atom is -0.381 e. The molecule has 0 aromatic rings. The van der Waals surface area contributed by atoms with Crippen LogP contribution in [-0.4, -0.2) is 25.9 Å². The summed E-state index contributed by atoms with van der Waals surface area (Å²) in [5.41, 5.74) is 0. The van der Waals surface area contributed by atoms with Gasteiger partial charge in [-0.15, -0.1) is 0 Å². The molecule has 0 amide bonds. The summed E-state index contributed by atoms with van der Waals surface area (Å²) < 4.78 is 11.2. The number of rotatable bonds is 4. The highest BCUT2D eigenvalue weighted by Crippen LogP contribution is 2.33. The van der Waals surface area contributed by atoms with E-state index in [0.29, 0.717) is 12.0 Å². The van der Waals surface area contributed by atoms with E-state index in [2.05, 4.69) is 55.4 Å². The van der Waals surface area contributed by atoms with Crippen molar-refractivity contribution in [1.29, 1.82) is 0 Å². The molecule has 2 heteroatoms. The zero-order valence-electron chi connectivity index (χ0n) is 17.0. The molecule has 2 aliphatic rings. The van der Waals surface area contributed by atoms with Crippen molar-refractivity contribution in [1.82, 2.24) is 0 Å². The summed E-state index contributed by atoms with van der Waals surface area (Å²) in [4.78, 5) is 0. The van der Waals surface area contributed by atoms with E-state index in [1.165, 1.54) is 12.8 Å². The first-order chi connectivity index (χ1) is 10.8. The predicted molar refractivity (Wildman–Crippen MR) is 99.6 cm³/mol. The Bertz CT molecular complexity index is 279. The third kappa shape index (κ3) is 6.38. The second-order valence-electron chi connectivity index (χ2n) is 8.96. The predicted octanol–water partition coefficient (Wildman–Crippen LogP) is 5.65. The average Bonchev–Trinajstić information content (AvgIpc) is 2.97. The standard InChI is InChI=1S/C11H22O.C10H20O/c1-8(2)10-5-6-12-7-11(10)9(3)4;1-7(2)9-5-6-11-10(9)8(3)4/h8-11H,5-7H2,1-4H3;7-10H,5-6H2,1-4H3/t10-,11+;9-,10+/m11/s1. The third-order valence-electron chi connectivity index (χ3n) is 5.87. The summed E-state index contributed by atoms with van der Waals surface area (Å²) in [7, 11) is 0. The molecule has 2 rings (SSSR count). The molecule has 2 heterocycles. The fourth-order valence-corrected chi connectivity index (χ4v) is 4.32. The topological polar surface area (TPSA) is 18.5 Å². The molecule has 0 radical (unpaired) electrons. The van der Waals surface area contributed by atoms with Gasteiger partial charge >= 0.3 is 0 Å². The largest absolute Gasteiger partial charge is 0.381 e. The fraction of sp³-hybridized carbons (Fsp3) is 1.00. The number of hydrogen-bond donors (Lipinski definition) is 0. The van der Waals surface area contributed by atoms with E-state index < -0.39 is 0 Å². The van der Waals surface area contributed by atoms with Crippen LogP contribution in [0.3, 0.4) is 0 Å². The Morgan fingerprint density at radius 2 is 1.13 bits per heavy atom. The van der Waals surface area contributed by atoms with Crippen LogP contribution in [-0.2, 0) is 9.47 Å². The van der Waals surface area contributed by atoms with Crippen LogP contribution in [0.1, 0.15) is 68.2 Å². The van der Waals surface area contributed by atoms with Gasteiger partial charge in [-0.25, -0.2) is 0 Å². The normalized spacial score (nSPS) is 31.8. The van der Waals surface area contributed by atoms with Crippen LogP contribution in [0, 0.1) is 41.4 Å². The lowest BCUT2D eigenvalue weighted by Gasteiger charge is -2.36. The second kappa shape index (κ2) is 10.0. The van der Waals surface area contributed by atoms with Crippen LogP contribution >= 0.6 is 0 Å². The molecule has 2 nitrogen and oxygen atoms in total. The Balaban J connectivity index is 0.000000231. The molecule has 2 aliphatic heterocycles. The van der Waals surface area contributed by atoms with Crippen LogP contribution in [0.15, 0.2) is 0 Å². The molecule has 138 valence electrons. The number of hydrogen-bond acceptors (Lipinski definition) is 2. The van der Waals surface area contributed by atoms with Crippen molar-refractivity contribution in [3.05, 3.63) is 0 Å². The average molecular weight is 327 g/mol. The first-order valence-corrected chi connectivity index (χ1v) is 9.95. The minimum atomic E-state index is 0.523. The quantitative estimate of drug-likeness (QED) is 0.664. The molecule has 0 spiro atoms. The van der Waals surface area contributed by atoms with Gasteiger partial charge in [0, 0.05) is 19.8 Å². The summed E-state index contributed by atoms with van der Waals surface area (Å²) in [5, 5.41) is 0. The van der Waals surface area contributed by atoms with Gasteiger partial charge in [-0.1, -0.05) is 55.4 Å². The van der Waals surface area contributed by atoms with Crippen molar-refractivity contribution < 1.29 is 9.47 Å². The first-order valence-electron chi connectivity index (χ1n) is 9.95. The smallest absolute Gasteiger partial charge is 0.0629 e. The molecule has 0 bridgehead atoms. The van der Waals surface area contributed by atoms with Crippen LogP contribution in [0.25, 0.3) is 0 Å². The van der Waals surface area contributed by atoms with E-state index in [1.807, 2.05) is 0 Å². The van der Waals surface area contributed by atoms with Gasteiger partial charge in [0.2, 0.25) is 0 Å². The molecule has 4 atom stereocenters. The second-order valence-corrected chi connectivity index (χ2v) is 8.96. The van der Waals surface area contributed by atoms with Crippen LogP contribution in [0.4, 0.5) is 0 Å². The zero-order valence-corrected chi connectivity index (χ0v) is 17.0. The third-order valence-corrected chi connectivity index (χ3v) is 5.87. The molecule has 0 N–H and O–H groups in total. The Hall–Kier alpha value is -0.0800. The molecule has 23 heavy (non-hydrogen) atoms. The van der Waals surface area contributed by atoms with Gasteiger partial charge in [0.25, 0.3) is 0 Å². The molecule has 0 saturated carbocycles. The van der Waals surface area contributed by atoms with Crippen molar-refractivity contribution in [2.24, 2.45) is 41.4 Å². The maximum Gasteiger partial charge on any atom is 0.0629 e. The van der Waals surface area contributed by atoms with Crippen LogP contribution in [0.2, 0.25) is 0 Å². The highest BCUT2D eigenvalue weighted by atomic mass is 16.5. The molecular weight excluding hydrogens is 284 g/mol. The molecule has 0 unspecified atom stereocenters. The van der Waals surface area contributed by atoms with Gasteiger partial charge < -0.3 is 9.47 Å². The molecule has 0 aromatic heterocycles. The summed E-state index contributed by atoms with van der Waals surface area (Å²) in [5.74, 6) is 5.54. The van der Waals surface area contributed by atoms with Gasteiger partial charge in [-0.3, -0.25) is 0 Å². The lowest BCUT2D eigenvalue weighted by molar-refractivity contribution is -0.0177. The Morgan fingerprint density at radius 3 is 1.52 bits per heavy atom. The van der Waals surface area contributed by atoms with Gasteiger partial charge in [0.05, 0.1) is 6.10 Å². The number of ether oxygens (including phenoxy) is 2. The van der Waals surface area contributed by atoms with Crippen molar-refractivity contribution in [2.45, 2.75) is 74.3 Å². The Morgan fingerprint density at radius 1 is 0.609 bits per heavy atom. The SMILES string of the molecule is CC(C)[C@H]1CCOC[C@H]1C(C)C.CC(C)[C@H]1CCO[C@H]1C(C)C. The molecular formula is C21H42O2. The van der Waals surface area contributed by atoms with Gasteiger partial charge in [0.15, 0.2) is 0 Å². The van der Waals surface area contributed by atoms with Crippen molar-refractivity contribution >= 4 is 0 Å². The summed E-state index contributed by atoms with van der Waals surface area (Å²) in [6.45, 7) is 21.4. The minimum absolute atomic E-state index is 0.523. The van der Waals surface area contributed by atoms with Crippen molar-refractivity contribution in [3.8, 4) is 0 Å². The maximum absolute atomic E-state index is 5.69. The van der Waals surface area contributed by atoms with E-state index in [4.69, 9.17) is 9.47 Å². The first kappa shape index (κ1) is 21.0. The van der Waals surface area contributed by atoms with Gasteiger partial charge in [-0.2, -0.15) is 0 Å². The molecule has 0 aliphatic carbocycles. The van der Waals surface area contributed by atoms with Crippen LogP contribution < -0.4 is 0 Å². The van der Waals surface area contributed by atoms with Crippen molar-refractivity contribution in [2.75, 3.05) is 19.8 Å². The van der Waals surface area contributed by atoms with Gasteiger partial charge in [-0.05, 0) is 54.3 Å². The van der Waals surface area contributed by atoms with Crippen LogP contribution in [0.5, 0.6) is 0 Å². The van der Waals surface area contributed by atoms with E-state index >= 15 is 0 Å². The van der Waals surface area contributed by atoms with E-state index in [1.54, 1.807) is 0 Å². The Labute approximate surface area is 145 Å². The van der Waals surface area contributed by atoms with E-state index in [9.17, 15) is 0 Å². The zero-order chi connectivity index (χ0) is 17.6. The lowest BCUT2D eigenvalue weighted by Crippen LogP contribution is -2.34. The fourth-order valence-electron chi connectivity index (χ4n) is 4.32. The molecule has 2 saturated heterocycles. The summed E-state index contributed by atoms with van der Waals surface area (Å²) in [6.07, 6.45) is 3.05. The molecule has 0 aromatic carbocycles. The highest BCUT2D eigenvalue weighted by Gasteiger charge is 2.32. The highest BCUT2D eigenvalue weighted by molar-refractivity contribution is 4.80.